The van der Waals surface area contributed by atoms with E-state index in [0.717, 1.165) is 30.7 Å². The quantitative estimate of drug-likeness (QED) is 0.297. The van der Waals surface area contributed by atoms with Crippen LogP contribution in [0.3, 0.4) is 0 Å². The monoisotopic (exact) mass is 575 g/mol. The zero-order valence-corrected chi connectivity index (χ0v) is 22.4. The predicted octanol–water partition coefficient (Wildman–Crippen LogP) is 3.63. The number of aromatic nitrogens is 1. The van der Waals surface area contributed by atoms with Crippen LogP contribution in [-0.4, -0.2) is 43.3 Å². The molecule has 2 heterocycles. The maximum absolute atomic E-state index is 12.6. The second kappa shape index (κ2) is 11.5. The summed E-state index contributed by atoms with van der Waals surface area (Å²) in [5.41, 5.74) is 0.849. The fraction of sp³-hybridized carbons (Fsp3) is 0.545. The third kappa shape index (κ3) is 6.92. The van der Waals surface area contributed by atoms with Crippen molar-refractivity contribution >= 4 is 40.0 Å². The number of sulfonamides is 1. The van der Waals surface area contributed by atoms with Crippen LogP contribution in [0, 0.1) is 0 Å². The molecule has 1 aliphatic rings. The molecule has 0 amide bonds. The minimum atomic E-state index is -3.39. The first-order chi connectivity index (χ1) is 14.7. The van der Waals surface area contributed by atoms with Gasteiger partial charge in [0.05, 0.1) is 24.2 Å². The average molecular weight is 576 g/mol. The van der Waals surface area contributed by atoms with Gasteiger partial charge in [-0.05, 0) is 37.5 Å². The fourth-order valence-corrected chi connectivity index (χ4v) is 4.77. The Kier molecular flexibility index (Phi) is 9.53. The summed E-state index contributed by atoms with van der Waals surface area (Å²) >= 11 is 0. The first-order valence-corrected chi connectivity index (χ1v) is 12.2. The van der Waals surface area contributed by atoms with Crippen molar-refractivity contribution in [1.82, 2.24) is 19.9 Å². The molecular weight excluding hydrogens is 541 g/mol. The average Bonchev–Trinajstić information content (AvgIpc) is 3.42. The molecule has 1 aromatic carbocycles. The van der Waals surface area contributed by atoms with E-state index in [1.807, 2.05) is 19.1 Å². The third-order valence-electron chi connectivity index (χ3n) is 5.09. The second-order valence-corrected chi connectivity index (χ2v) is 10.6. The SMILES string of the molecule is CCNC(=NCc1ccc(S(=O)(=O)N2CCCC2)cc1)NCc1ncc(C(C)(C)C)o1.I. The highest BCUT2D eigenvalue weighted by Gasteiger charge is 2.26. The van der Waals surface area contributed by atoms with E-state index in [0.29, 0.717) is 42.9 Å². The van der Waals surface area contributed by atoms with E-state index in [-0.39, 0.29) is 29.4 Å². The zero-order chi connectivity index (χ0) is 22.5. The number of guanidine groups is 1. The van der Waals surface area contributed by atoms with Gasteiger partial charge in [-0.2, -0.15) is 4.31 Å². The Morgan fingerprint density at radius 2 is 1.81 bits per heavy atom. The van der Waals surface area contributed by atoms with Crippen LogP contribution in [-0.2, 0) is 28.5 Å². The van der Waals surface area contributed by atoms with Crippen molar-refractivity contribution in [2.45, 2.75) is 63.9 Å². The number of nitrogens with zero attached hydrogens (tertiary/aromatic N) is 3. The molecule has 1 aromatic heterocycles. The molecule has 3 rings (SSSR count). The fourth-order valence-electron chi connectivity index (χ4n) is 3.25. The van der Waals surface area contributed by atoms with Crippen LogP contribution in [0.1, 0.15) is 57.8 Å². The van der Waals surface area contributed by atoms with E-state index in [4.69, 9.17) is 4.42 Å². The minimum absolute atomic E-state index is 0. The van der Waals surface area contributed by atoms with Gasteiger partial charge in [0.1, 0.15) is 5.76 Å². The summed E-state index contributed by atoms with van der Waals surface area (Å²) in [4.78, 5) is 9.25. The topological polar surface area (TPSA) is 99.8 Å². The summed E-state index contributed by atoms with van der Waals surface area (Å²) in [5, 5.41) is 6.42. The summed E-state index contributed by atoms with van der Waals surface area (Å²) in [6, 6.07) is 6.97. The molecular formula is C22H34IN5O3S. The van der Waals surface area contributed by atoms with Gasteiger partial charge in [-0.3, -0.25) is 0 Å². The van der Waals surface area contributed by atoms with Crippen molar-refractivity contribution < 1.29 is 12.8 Å². The highest BCUT2D eigenvalue weighted by Crippen LogP contribution is 2.23. The van der Waals surface area contributed by atoms with Crippen LogP contribution in [0.25, 0.3) is 0 Å². The van der Waals surface area contributed by atoms with Crippen LogP contribution in [0.4, 0.5) is 0 Å². The van der Waals surface area contributed by atoms with E-state index in [9.17, 15) is 8.42 Å². The Labute approximate surface area is 208 Å². The van der Waals surface area contributed by atoms with E-state index in [2.05, 4.69) is 41.4 Å². The number of nitrogens with one attached hydrogen (secondary N) is 2. The number of oxazole rings is 1. The zero-order valence-electron chi connectivity index (χ0n) is 19.2. The number of halogens is 1. The van der Waals surface area contributed by atoms with Gasteiger partial charge in [-0.25, -0.2) is 18.4 Å². The van der Waals surface area contributed by atoms with Crippen molar-refractivity contribution in [3.05, 3.63) is 47.7 Å². The molecule has 10 heteroatoms. The summed E-state index contributed by atoms with van der Waals surface area (Å²) in [5.74, 6) is 2.09. The largest absolute Gasteiger partial charge is 0.443 e. The molecule has 32 heavy (non-hydrogen) atoms. The van der Waals surface area contributed by atoms with Gasteiger partial charge in [0.25, 0.3) is 0 Å². The number of hydrogen-bond acceptors (Lipinski definition) is 5. The second-order valence-electron chi connectivity index (χ2n) is 8.67. The molecule has 0 spiro atoms. The summed E-state index contributed by atoms with van der Waals surface area (Å²) in [6.07, 6.45) is 3.62. The van der Waals surface area contributed by atoms with Crippen molar-refractivity contribution in [3.63, 3.8) is 0 Å². The molecule has 0 bridgehead atoms. The van der Waals surface area contributed by atoms with E-state index >= 15 is 0 Å². The minimum Gasteiger partial charge on any atom is -0.443 e. The highest BCUT2D eigenvalue weighted by molar-refractivity contribution is 14.0. The van der Waals surface area contributed by atoms with Crippen LogP contribution >= 0.6 is 24.0 Å². The Bertz CT molecular complexity index is 991. The van der Waals surface area contributed by atoms with E-state index in [1.165, 1.54) is 0 Å². The van der Waals surface area contributed by atoms with Crippen LogP contribution in [0.5, 0.6) is 0 Å². The summed E-state index contributed by atoms with van der Waals surface area (Å²) < 4.78 is 32.7. The van der Waals surface area contributed by atoms with E-state index < -0.39 is 10.0 Å². The Hall–Kier alpha value is -1.66. The van der Waals surface area contributed by atoms with Crippen molar-refractivity contribution in [2.24, 2.45) is 4.99 Å². The number of hydrogen-bond donors (Lipinski definition) is 2. The van der Waals surface area contributed by atoms with Gasteiger partial charge in [0, 0.05) is 25.0 Å². The smallest absolute Gasteiger partial charge is 0.243 e. The lowest BCUT2D eigenvalue weighted by Gasteiger charge is -2.15. The Morgan fingerprint density at radius 3 is 2.38 bits per heavy atom. The molecule has 0 radical (unpaired) electrons. The van der Waals surface area contributed by atoms with Gasteiger partial charge in [-0.15, -0.1) is 24.0 Å². The van der Waals surface area contributed by atoms with Crippen LogP contribution in [0.15, 0.2) is 44.8 Å². The lowest BCUT2D eigenvalue weighted by Crippen LogP contribution is -2.36. The van der Waals surface area contributed by atoms with Gasteiger partial charge < -0.3 is 15.1 Å². The normalized spacial score (nSPS) is 15.4. The first kappa shape index (κ1) is 26.6. The molecule has 8 nitrogen and oxygen atoms in total. The Morgan fingerprint density at radius 1 is 1.16 bits per heavy atom. The first-order valence-electron chi connectivity index (χ1n) is 10.8. The van der Waals surface area contributed by atoms with Crippen molar-refractivity contribution in [3.8, 4) is 0 Å². The standard InChI is InChI=1S/C22H33N5O3S.HI/c1-5-23-21(26-16-20-24-15-19(30-20)22(2,3)4)25-14-17-8-10-18(11-9-17)31(28,29)27-12-6-7-13-27;/h8-11,15H,5-7,12-14,16H2,1-4H3,(H2,23,25,26);1H. The molecule has 1 fully saturated rings. The van der Waals surface area contributed by atoms with Crippen LogP contribution < -0.4 is 10.6 Å². The number of aliphatic imine (C=N–C) groups is 1. The van der Waals surface area contributed by atoms with Crippen molar-refractivity contribution in [1.29, 1.82) is 0 Å². The van der Waals surface area contributed by atoms with Gasteiger partial charge in [0.15, 0.2) is 5.96 Å². The van der Waals surface area contributed by atoms with Gasteiger partial charge in [-0.1, -0.05) is 32.9 Å². The number of benzene rings is 1. The summed E-state index contributed by atoms with van der Waals surface area (Å²) in [6.45, 7) is 11.0. The highest BCUT2D eigenvalue weighted by atomic mass is 127. The van der Waals surface area contributed by atoms with E-state index in [1.54, 1.807) is 22.6 Å². The molecule has 1 saturated heterocycles. The molecule has 2 N–H and O–H groups in total. The lowest BCUT2D eigenvalue weighted by atomic mass is 9.94. The van der Waals surface area contributed by atoms with Gasteiger partial charge >= 0.3 is 0 Å². The molecule has 178 valence electrons. The lowest BCUT2D eigenvalue weighted by molar-refractivity contribution is 0.379. The Balaban J connectivity index is 0.00000363. The molecule has 0 atom stereocenters. The maximum Gasteiger partial charge on any atom is 0.243 e. The third-order valence-corrected chi connectivity index (χ3v) is 7.00. The van der Waals surface area contributed by atoms with Gasteiger partial charge in [0.2, 0.25) is 15.9 Å². The maximum atomic E-state index is 12.6. The molecule has 0 unspecified atom stereocenters. The summed E-state index contributed by atoms with van der Waals surface area (Å²) in [7, 11) is -3.39. The predicted molar refractivity (Wildman–Crippen MR) is 137 cm³/mol. The molecule has 0 aliphatic carbocycles. The molecule has 1 aliphatic heterocycles. The van der Waals surface area contributed by atoms with Crippen LogP contribution in [0.2, 0.25) is 0 Å². The number of rotatable bonds is 7. The molecule has 2 aromatic rings. The molecule has 0 saturated carbocycles. The van der Waals surface area contributed by atoms with Crippen molar-refractivity contribution in [2.75, 3.05) is 19.6 Å².